The van der Waals surface area contributed by atoms with Gasteiger partial charge in [-0.3, -0.25) is 19.2 Å². The lowest BCUT2D eigenvalue weighted by Gasteiger charge is -2.59. The van der Waals surface area contributed by atoms with Crippen LogP contribution in [-0.4, -0.2) is 47.4 Å². The first-order valence-corrected chi connectivity index (χ1v) is 13.1. The van der Waals surface area contributed by atoms with Crippen molar-refractivity contribution in [1.29, 1.82) is 0 Å². The van der Waals surface area contributed by atoms with Crippen LogP contribution in [0.4, 0.5) is 0 Å². The first-order valence-electron chi connectivity index (χ1n) is 13.1. The molecule has 7 heteroatoms. The van der Waals surface area contributed by atoms with E-state index < -0.39 is 29.6 Å². The van der Waals surface area contributed by atoms with Crippen LogP contribution in [0.15, 0.2) is 0 Å². The van der Waals surface area contributed by atoms with Gasteiger partial charge in [0.1, 0.15) is 29.7 Å². The number of esters is 2. The Bertz CT molecular complexity index is 928. The molecule has 5 rings (SSSR count). The Morgan fingerprint density at radius 1 is 1.06 bits per heavy atom. The molecule has 1 aliphatic heterocycles. The number of carbonyl (C=O) groups is 4. The van der Waals surface area contributed by atoms with Gasteiger partial charge in [-0.1, -0.05) is 20.8 Å². The zero-order chi connectivity index (χ0) is 24.6. The zero-order valence-electron chi connectivity index (χ0n) is 21.1. The van der Waals surface area contributed by atoms with Gasteiger partial charge in [0.2, 0.25) is 0 Å². The highest BCUT2D eigenvalue weighted by molar-refractivity contribution is 5.89. The summed E-state index contributed by atoms with van der Waals surface area (Å²) < 4.78 is 17.6. The minimum Gasteiger partial charge on any atom is -0.459 e. The lowest BCUT2D eigenvalue weighted by Crippen LogP contribution is -2.59. The first-order chi connectivity index (χ1) is 16.0. The molecule has 0 amide bonds. The van der Waals surface area contributed by atoms with E-state index in [2.05, 4.69) is 13.8 Å². The molecule has 5 fully saturated rings. The number of Topliss-reactive ketones (excluding diaryl/α,β-unsaturated/α-hetero) is 2. The maximum atomic E-state index is 13.5. The molecule has 4 saturated carbocycles. The van der Waals surface area contributed by atoms with Gasteiger partial charge >= 0.3 is 11.9 Å². The van der Waals surface area contributed by atoms with Crippen LogP contribution in [0, 0.1) is 34.5 Å². The second kappa shape index (κ2) is 7.87. The molecule has 4 unspecified atom stereocenters. The minimum atomic E-state index is -0.637. The van der Waals surface area contributed by atoms with Crippen molar-refractivity contribution >= 4 is 23.5 Å². The number of carbonyl (C=O) groups excluding carboxylic acids is 4. The van der Waals surface area contributed by atoms with E-state index in [1.807, 2.05) is 6.92 Å². The van der Waals surface area contributed by atoms with Gasteiger partial charge in [0.25, 0.3) is 0 Å². The van der Waals surface area contributed by atoms with E-state index in [0.29, 0.717) is 25.2 Å². The second-order valence-electron chi connectivity index (χ2n) is 12.0. The van der Waals surface area contributed by atoms with E-state index in [9.17, 15) is 19.2 Å². The molecule has 0 N–H and O–H groups in total. The standard InChI is InChI=1S/C27H38O7/c1-6-20(32-14(2)28)23(33-15(3)29)17-13-21(31)25(4)10-8-18-16(22(17)25)7-12-27-24(34-27)19(30)9-11-26(18,27)5/h16-18,20,22-24H,6-13H2,1-5H3/t16-,17-,18+,20?,22-,23?,24?,25-,26-,27?/m1/s1. The summed E-state index contributed by atoms with van der Waals surface area (Å²) in [5, 5.41) is 0. The van der Waals surface area contributed by atoms with Gasteiger partial charge in [0.05, 0.1) is 0 Å². The van der Waals surface area contributed by atoms with Crippen molar-refractivity contribution in [3.05, 3.63) is 0 Å². The third-order valence-electron chi connectivity index (χ3n) is 10.5. The van der Waals surface area contributed by atoms with Crippen LogP contribution < -0.4 is 0 Å². The highest BCUT2D eigenvalue weighted by atomic mass is 16.6. The van der Waals surface area contributed by atoms with Crippen LogP contribution in [0.25, 0.3) is 0 Å². The molecule has 1 heterocycles. The SMILES string of the molecule is CCC(OC(C)=O)C(OC(C)=O)[C@@H]1CC(=O)[C@@]2(C)CC[C@H]3[C@@H](CCC45OC4C(=O)CC[C@]35C)[C@H]12. The number of rotatable bonds is 5. The third-order valence-corrected chi connectivity index (χ3v) is 10.5. The fraction of sp³-hybridized carbons (Fsp3) is 0.852. The maximum Gasteiger partial charge on any atom is 0.303 e. The number of hydrogen-bond donors (Lipinski definition) is 0. The van der Waals surface area contributed by atoms with Crippen LogP contribution >= 0.6 is 0 Å². The van der Waals surface area contributed by atoms with Gasteiger partial charge in [-0.25, -0.2) is 0 Å². The van der Waals surface area contributed by atoms with Crippen LogP contribution in [0.3, 0.4) is 0 Å². The maximum absolute atomic E-state index is 13.5. The van der Waals surface area contributed by atoms with Gasteiger partial charge in [0.15, 0.2) is 5.78 Å². The van der Waals surface area contributed by atoms with Gasteiger partial charge in [0, 0.05) is 43.4 Å². The summed E-state index contributed by atoms with van der Waals surface area (Å²) >= 11 is 0. The quantitative estimate of drug-likeness (QED) is 0.441. The fourth-order valence-electron chi connectivity index (χ4n) is 8.98. The van der Waals surface area contributed by atoms with Crippen LogP contribution in [0.2, 0.25) is 0 Å². The molecular weight excluding hydrogens is 436 g/mol. The Hall–Kier alpha value is -1.76. The minimum absolute atomic E-state index is 0.0525. The average molecular weight is 475 g/mol. The second-order valence-corrected chi connectivity index (χ2v) is 12.0. The van der Waals surface area contributed by atoms with E-state index in [4.69, 9.17) is 14.2 Å². The summed E-state index contributed by atoms with van der Waals surface area (Å²) in [7, 11) is 0. The molecule has 10 atom stereocenters. The lowest BCUT2D eigenvalue weighted by molar-refractivity contribution is -0.178. The van der Waals surface area contributed by atoms with Gasteiger partial charge < -0.3 is 14.2 Å². The smallest absolute Gasteiger partial charge is 0.303 e. The van der Waals surface area contributed by atoms with Gasteiger partial charge in [-0.05, 0) is 56.3 Å². The molecule has 5 aliphatic rings. The molecule has 4 aliphatic carbocycles. The monoisotopic (exact) mass is 474 g/mol. The third kappa shape index (κ3) is 3.17. The molecule has 7 nitrogen and oxygen atoms in total. The Kier molecular flexibility index (Phi) is 5.55. The average Bonchev–Trinajstić information content (AvgIpc) is 3.46. The molecule has 0 aromatic rings. The number of ether oxygens (including phenoxy) is 3. The van der Waals surface area contributed by atoms with Gasteiger partial charge in [-0.15, -0.1) is 0 Å². The van der Waals surface area contributed by atoms with E-state index in [0.717, 1.165) is 32.1 Å². The predicted octanol–water partition coefficient (Wildman–Crippen LogP) is 3.80. The lowest BCUT2D eigenvalue weighted by atomic mass is 9.44. The predicted molar refractivity (Wildman–Crippen MR) is 122 cm³/mol. The number of hydrogen-bond acceptors (Lipinski definition) is 7. The summed E-state index contributed by atoms with van der Waals surface area (Å²) in [6, 6.07) is 0. The molecule has 1 spiro atoms. The van der Waals surface area contributed by atoms with Crippen LogP contribution in [0.5, 0.6) is 0 Å². The molecule has 188 valence electrons. The van der Waals surface area contributed by atoms with E-state index in [1.165, 1.54) is 13.8 Å². The number of epoxide rings is 1. The largest absolute Gasteiger partial charge is 0.459 e. The number of ketones is 2. The van der Waals surface area contributed by atoms with E-state index in [-0.39, 0.29) is 46.4 Å². The topological polar surface area (TPSA) is 99.3 Å². The van der Waals surface area contributed by atoms with Crippen molar-refractivity contribution < 1.29 is 33.4 Å². The Morgan fingerprint density at radius 3 is 2.41 bits per heavy atom. The molecule has 1 saturated heterocycles. The molecule has 0 bridgehead atoms. The molecule has 0 radical (unpaired) electrons. The molecule has 34 heavy (non-hydrogen) atoms. The summed E-state index contributed by atoms with van der Waals surface area (Å²) in [5.74, 6) is 0.170. The first kappa shape index (κ1) is 24.0. The van der Waals surface area contributed by atoms with Crippen molar-refractivity contribution in [3.8, 4) is 0 Å². The highest BCUT2D eigenvalue weighted by Gasteiger charge is 2.77. The van der Waals surface area contributed by atoms with Crippen molar-refractivity contribution in [2.45, 2.75) is 110 Å². The van der Waals surface area contributed by atoms with Gasteiger partial charge in [-0.2, -0.15) is 0 Å². The highest BCUT2D eigenvalue weighted by Crippen LogP contribution is 2.72. The van der Waals surface area contributed by atoms with Crippen LogP contribution in [-0.2, 0) is 33.4 Å². The van der Waals surface area contributed by atoms with Crippen LogP contribution in [0.1, 0.15) is 86.0 Å². The van der Waals surface area contributed by atoms with Crippen molar-refractivity contribution in [2.24, 2.45) is 34.5 Å². The summed E-state index contributed by atoms with van der Waals surface area (Å²) in [6.07, 6.45) is 4.31. The molecule has 0 aromatic heterocycles. The van der Waals surface area contributed by atoms with Crippen molar-refractivity contribution in [3.63, 3.8) is 0 Å². The Labute approximate surface area is 201 Å². The summed E-state index contributed by atoms with van der Waals surface area (Å²) in [4.78, 5) is 49.9. The van der Waals surface area contributed by atoms with E-state index >= 15 is 0 Å². The zero-order valence-corrected chi connectivity index (χ0v) is 21.1. The van der Waals surface area contributed by atoms with Crippen molar-refractivity contribution in [2.75, 3.05) is 0 Å². The van der Waals surface area contributed by atoms with E-state index in [1.54, 1.807) is 0 Å². The Balaban J connectivity index is 1.51. The Morgan fingerprint density at radius 2 is 1.76 bits per heavy atom. The molecular formula is C27H38O7. The normalized spacial score (nSPS) is 46.3. The molecule has 0 aromatic carbocycles. The summed E-state index contributed by atoms with van der Waals surface area (Å²) in [6.45, 7) is 9.07. The fourth-order valence-corrected chi connectivity index (χ4v) is 8.98. The summed E-state index contributed by atoms with van der Waals surface area (Å²) in [5.41, 5.74) is -0.870. The number of fused-ring (bicyclic) bond motifs is 4. The van der Waals surface area contributed by atoms with Crippen molar-refractivity contribution in [1.82, 2.24) is 0 Å².